The minimum Gasteiger partial charge on any atom is -0.493 e. The number of benzene rings is 2. The van der Waals surface area contributed by atoms with E-state index in [-0.39, 0.29) is 0 Å². The molecule has 0 amide bonds. The van der Waals surface area contributed by atoms with Crippen molar-refractivity contribution in [1.82, 2.24) is 0 Å². The Morgan fingerprint density at radius 3 is 1.27 bits per heavy atom. The van der Waals surface area contributed by atoms with Gasteiger partial charge in [0.1, 0.15) is 11.5 Å². The van der Waals surface area contributed by atoms with Crippen molar-refractivity contribution in [1.29, 1.82) is 0 Å². The Kier molecular flexibility index (Phi) is 11.8. The van der Waals surface area contributed by atoms with E-state index in [0.29, 0.717) is 24.0 Å². The molecule has 2 heterocycles. The lowest BCUT2D eigenvalue weighted by Crippen LogP contribution is -2.11. The fourth-order valence-electron chi connectivity index (χ4n) is 6.58. The van der Waals surface area contributed by atoms with Crippen molar-refractivity contribution in [3.63, 3.8) is 0 Å². The largest absolute Gasteiger partial charge is 0.493 e. The summed E-state index contributed by atoms with van der Waals surface area (Å²) in [7, 11) is 0. The smallest absolute Gasteiger partial charge is 0.125 e. The first kappa shape index (κ1) is 30.9. The van der Waals surface area contributed by atoms with E-state index in [9.17, 15) is 0 Å². The Morgan fingerprint density at radius 2 is 0.975 bits per heavy atom. The summed E-state index contributed by atoms with van der Waals surface area (Å²) in [6, 6.07) is 9.26. The molecule has 0 bridgehead atoms. The molecule has 2 saturated heterocycles. The molecule has 2 aromatic carbocycles. The van der Waals surface area contributed by atoms with E-state index < -0.39 is 0 Å². The third-order valence-corrected chi connectivity index (χ3v) is 8.76. The maximum Gasteiger partial charge on any atom is 0.125 e. The molecule has 2 aliphatic heterocycles. The monoisotopic (exact) mass is 550 g/mol. The van der Waals surface area contributed by atoms with Crippen LogP contribution in [0.15, 0.2) is 24.3 Å². The summed E-state index contributed by atoms with van der Waals surface area (Å²) < 4.78 is 23.7. The zero-order valence-electron chi connectivity index (χ0n) is 26.2. The van der Waals surface area contributed by atoms with Crippen LogP contribution in [0.2, 0.25) is 0 Å². The Balaban J connectivity index is 1.23. The van der Waals surface area contributed by atoms with Crippen LogP contribution in [0.4, 0.5) is 0 Å². The van der Waals surface area contributed by atoms with Crippen LogP contribution >= 0.6 is 0 Å². The molecule has 40 heavy (non-hydrogen) atoms. The van der Waals surface area contributed by atoms with Gasteiger partial charge in [-0.15, -0.1) is 0 Å². The molecule has 4 nitrogen and oxygen atoms in total. The van der Waals surface area contributed by atoms with E-state index in [0.717, 1.165) is 63.6 Å². The molecule has 4 atom stereocenters. The van der Waals surface area contributed by atoms with E-state index in [1.165, 1.54) is 71.9 Å². The molecular weight excluding hydrogens is 496 g/mol. The highest BCUT2D eigenvalue weighted by atomic mass is 16.6. The van der Waals surface area contributed by atoms with Crippen molar-refractivity contribution in [3.8, 4) is 11.5 Å². The summed E-state index contributed by atoms with van der Waals surface area (Å²) in [5.41, 5.74) is 7.75. The van der Waals surface area contributed by atoms with Gasteiger partial charge in [-0.2, -0.15) is 0 Å². The van der Waals surface area contributed by atoms with Crippen LogP contribution in [-0.2, 0) is 22.3 Å². The Morgan fingerprint density at radius 1 is 0.625 bits per heavy atom. The summed E-state index contributed by atoms with van der Waals surface area (Å²) in [5.74, 6) is 3.54. The van der Waals surface area contributed by atoms with Crippen molar-refractivity contribution < 1.29 is 18.9 Å². The molecule has 0 spiro atoms. The molecular formula is C36H54O4. The maximum absolute atomic E-state index is 6.28. The quantitative estimate of drug-likeness (QED) is 0.130. The van der Waals surface area contributed by atoms with Gasteiger partial charge in [-0.05, 0) is 124 Å². The molecule has 2 fully saturated rings. The molecule has 0 N–H and O–H groups in total. The summed E-state index contributed by atoms with van der Waals surface area (Å²) in [5, 5.41) is 0. The van der Waals surface area contributed by atoms with E-state index in [2.05, 4.69) is 65.8 Å². The summed E-state index contributed by atoms with van der Waals surface area (Å²) in [6.07, 6.45) is 12.7. The molecule has 2 aliphatic rings. The molecule has 0 aromatic heterocycles. The highest BCUT2D eigenvalue weighted by Gasteiger charge is 2.32. The molecule has 2 aromatic rings. The van der Waals surface area contributed by atoms with Crippen LogP contribution in [0, 0.1) is 39.5 Å². The lowest BCUT2D eigenvalue weighted by Gasteiger charge is -2.17. The van der Waals surface area contributed by atoms with E-state index in [1.807, 2.05) is 0 Å². The molecule has 4 heteroatoms. The Hall–Kier alpha value is -2.04. The normalized spacial score (nSPS) is 19.4. The van der Waals surface area contributed by atoms with Gasteiger partial charge in [0.2, 0.25) is 0 Å². The average Bonchev–Trinajstić information content (AvgIpc) is 3.82. The van der Waals surface area contributed by atoms with Crippen LogP contribution in [0.3, 0.4) is 0 Å². The second-order valence-electron chi connectivity index (χ2n) is 12.4. The van der Waals surface area contributed by atoms with Gasteiger partial charge in [0.05, 0.1) is 38.6 Å². The predicted molar refractivity (Wildman–Crippen MR) is 165 cm³/mol. The third kappa shape index (κ3) is 9.24. The number of epoxide rings is 2. The highest BCUT2D eigenvalue weighted by Crippen LogP contribution is 2.31. The fourth-order valence-corrected chi connectivity index (χ4v) is 6.58. The van der Waals surface area contributed by atoms with Gasteiger partial charge >= 0.3 is 0 Å². The third-order valence-electron chi connectivity index (χ3n) is 8.76. The van der Waals surface area contributed by atoms with Crippen LogP contribution in [-0.4, -0.2) is 38.6 Å². The number of hydrogen-bond acceptors (Lipinski definition) is 4. The van der Waals surface area contributed by atoms with Crippen LogP contribution in [0.1, 0.15) is 98.6 Å². The van der Waals surface area contributed by atoms with Gasteiger partial charge in [0.25, 0.3) is 0 Å². The topological polar surface area (TPSA) is 43.5 Å². The number of rotatable bonds is 19. The zero-order valence-corrected chi connectivity index (χ0v) is 26.2. The average molecular weight is 551 g/mol. The van der Waals surface area contributed by atoms with Gasteiger partial charge < -0.3 is 18.9 Å². The molecule has 0 aliphatic carbocycles. The van der Waals surface area contributed by atoms with Gasteiger partial charge in [-0.1, -0.05) is 51.0 Å². The molecule has 4 rings (SSSR count). The van der Waals surface area contributed by atoms with Crippen LogP contribution in [0.25, 0.3) is 0 Å². The van der Waals surface area contributed by atoms with Crippen LogP contribution in [0.5, 0.6) is 11.5 Å². The first-order valence-corrected chi connectivity index (χ1v) is 16.1. The maximum atomic E-state index is 6.28. The van der Waals surface area contributed by atoms with Gasteiger partial charge in [-0.25, -0.2) is 0 Å². The molecule has 0 saturated carbocycles. The van der Waals surface area contributed by atoms with Gasteiger partial charge in [-0.3, -0.25) is 0 Å². The van der Waals surface area contributed by atoms with Crippen molar-refractivity contribution in [3.05, 3.63) is 57.6 Å². The van der Waals surface area contributed by atoms with Crippen LogP contribution < -0.4 is 9.47 Å². The second kappa shape index (κ2) is 15.3. The highest BCUT2D eigenvalue weighted by molar-refractivity contribution is 5.45. The van der Waals surface area contributed by atoms with E-state index in [1.54, 1.807) is 0 Å². The van der Waals surface area contributed by atoms with Crippen molar-refractivity contribution in [2.45, 2.75) is 118 Å². The van der Waals surface area contributed by atoms with Crippen molar-refractivity contribution in [2.75, 3.05) is 26.4 Å². The molecule has 222 valence electrons. The minimum atomic E-state index is 0.509. The lowest BCUT2D eigenvalue weighted by atomic mass is 9.95. The summed E-state index contributed by atoms with van der Waals surface area (Å²) in [6.45, 7) is 16.8. The SMILES string of the molecule is CCCC(CCCOc1c(C)cc(CCc2cc(C)c(OCCCC(CCC)C3CO3)c(C)c2)cc1C)C1CO1. The van der Waals surface area contributed by atoms with Gasteiger partial charge in [0.15, 0.2) is 0 Å². The number of ether oxygens (including phenoxy) is 4. The number of hydrogen-bond donors (Lipinski definition) is 0. The van der Waals surface area contributed by atoms with E-state index in [4.69, 9.17) is 18.9 Å². The standard InChI is InChI=1S/C36H54O4/c1-7-11-31(33-23-39-33)13-9-17-37-35-25(3)19-29(20-26(35)4)15-16-30-21-27(5)36(28(6)22-30)38-18-10-14-32(12-8-2)34-24-40-34/h19-22,31-34H,7-18,23-24H2,1-6H3. The first-order chi connectivity index (χ1) is 19.4. The van der Waals surface area contributed by atoms with E-state index >= 15 is 0 Å². The first-order valence-electron chi connectivity index (χ1n) is 16.1. The Bertz CT molecular complexity index is 937. The van der Waals surface area contributed by atoms with Crippen molar-refractivity contribution >= 4 is 0 Å². The lowest BCUT2D eigenvalue weighted by molar-refractivity contribution is 0.257. The van der Waals surface area contributed by atoms with Gasteiger partial charge in [0, 0.05) is 0 Å². The minimum absolute atomic E-state index is 0.509. The van der Waals surface area contributed by atoms with Crippen molar-refractivity contribution in [2.24, 2.45) is 11.8 Å². The Labute approximate surface area is 244 Å². The molecule has 0 radical (unpaired) electrons. The molecule has 4 unspecified atom stereocenters. The zero-order chi connectivity index (χ0) is 28.5. The summed E-state index contributed by atoms with van der Waals surface area (Å²) >= 11 is 0. The predicted octanol–water partition coefficient (Wildman–Crippen LogP) is 8.65. The summed E-state index contributed by atoms with van der Waals surface area (Å²) in [4.78, 5) is 0. The fraction of sp³-hybridized carbons (Fsp3) is 0.667. The number of aryl methyl sites for hydroxylation is 6. The second-order valence-corrected chi connectivity index (χ2v) is 12.4.